The van der Waals surface area contributed by atoms with Gasteiger partial charge in [-0.2, -0.15) is 0 Å². The van der Waals surface area contributed by atoms with Crippen molar-refractivity contribution in [3.63, 3.8) is 0 Å². The highest BCUT2D eigenvalue weighted by molar-refractivity contribution is 5.64. The van der Waals surface area contributed by atoms with Crippen LogP contribution in [0, 0.1) is 0 Å². The molecule has 0 heterocycles. The molecular formula is C17H21N. The van der Waals surface area contributed by atoms with Gasteiger partial charge in [0.15, 0.2) is 0 Å². The van der Waals surface area contributed by atoms with E-state index in [0.717, 1.165) is 13.0 Å². The lowest BCUT2D eigenvalue weighted by Crippen LogP contribution is -2.04. The molecule has 0 saturated heterocycles. The molecular weight excluding hydrogens is 218 g/mol. The van der Waals surface area contributed by atoms with Crippen LogP contribution >= 0.6 is 0 Å². The van der Waals surface area contributed by atoms with Crippen molar-refractivity contribution in [3.05, 3.63) is 59.7 Å². The van der Waals surface area contributed by atoms with Gasteiger partial charge in [-0.1, -0.05) is 55.8 Å². The van der Waals surface area contributed by atoms with Crippen LogP contribution in [0.5, 0.6) is 0 Å². The fraction of sp³-hybridized carbons (Fsp3) is 0.294. The third-order valence-corrected chi connectivity index (χ3v) is 3.11. The Labute approximate surface area is 110 Å². The number of hydrogen-bond acceptors (Lipinski definition) is 1. The average Bonchev–Trinajstić information content (AvgIpc) is 2.40. The quantitative estimate of drug-likeness (QED) is 0.830. The van der Waals surface area contributed by atoms with E-state index in [1.54, 1.807) is 0 Å². The van der Waals surface area contributed by atoms with E-state index in [0.29, 0.717) is 0 Å². The maximum Gasteiger partial charge on any atom is 0.0202 e. The van der Waals surface area contributed by atoms with Gasteiger partial charge in [0.05, 0.1) is 0 Å². The number of rotatable bonds is 5. The van der Waals surface area contributed by atoms with Crippen LogP contribution in [0.3, 0.4) is 0 Å². The minimum absolute atomic E-state index is 0.919. The van der Waals surface area contributed by atoms with Crippen LogP contribution < -0.4 is 5.32 Å². The summed E-state index contributed by atoms with van der Waals surface area (Å²) in [6, 6.07) is 17.6. The first-order chi connectivity index (χ1) is 8.83. The molecule has 2 rings (SSSR count). The van der Waals surface area contributed by atoms with Crippen molar-refractivity contribution in [1.82, 2.24) is 5.32 Å². The van der Waals surface area contributed by atoms with Gasteiger partial charge in [-0.05, 0) is 41.8 Å². The van der Waals surface area contributed by atoms with Gasteiger partial charge in [0.2, 0.25) is 0 Å². The monoisotopic (exact) mass is 239 g/mol. The lowest BCUT2D eigenvalue weighted by atomic mass is 9.99. The summed E-state index contributed by atoms with van der Waals surface area (Å²) in [7, 11) is 1.98. The topological polar surface area (TPSA) is 12.0 Å². The van der Waals surface area contributed by atoms with Crippen LogP contribution in [0.2, 0.25) is 0 Å². The smallest absolute Gasteiger partial charge is 0.0202 e. The number of benzene rings is 2. The van der Waals surface area contributed by atoms with Crippen LogP contribution in [-0.4, -0.2) is 7.05 Å². The molecule has 0 aliphatic heterocycles. The molecule has 0 radical (unpaired) electrons. The van der Waals surface area contributed by atoms with Crippen molar-refractivity contribution in [1.29, 1.82) is 0 Å². The zero-order valence-corrected chi connectivity index (χ0v) is 11.2. The van der Waals surface area contributed by atoms with E-state index in [1.807, 2.05) is 7.05 Å². The summed E-state index contributed by atoms with van der Waals surface area (Å²) in [6.45, 7) is 3.14. The molecule has 0 aliphatic carbocycles. The van der Waals surface area contributed by atoms with Gasteiger partial charge >= 0.3 is 0 Å². The summed E-state index contributed by atoms with van der Waals surface area (Å²) < 4.78 is 0. The summed E-state index contributed by atoms with van der Waals surface area (Å²) >= 11 is 0. The minimum Gasteiger partial charge on any atom is -0.316 e. The van der Waals surface area contributed by atoms with E-state index >= 15 is 0 Å². The van der Waals surface area contributed by atoms with Crippen LogP contribution in [0.25, 0.3) is 11.1 Å². The van der Waals surface area contributed by atoms with Crippen LogP contribution in [0.1, 0.15) is 24.5 Å². The fourth-order valence-corrected chi connectivity index (χ4v) is 2.26. The molecule has 0 aliphatic rings. The van der Waals surface area contributed by atoms with Crippen molar-refractivity contribution in [2.24, 2.45) is 0 Å². The molecule has 18 heavy (non-hydrogen) atoms. The van der Waals surface area contributed by atoms with Gasteiger partial charge in [-0.15, -0.1) is 0 Å². The molecule has 2 aromatic carbocycles. The Bertz CT molecular complexity index is 455. The molecule has 0 atom stereocenters. The molecule has 0 aromatic heterocycles. The van der Waals surface area contributed by atoms with E-state index in [1.165, 1.54) is 28.7 Å². The van der Waals surface area contributed by atoms with E-state index < -0.39 is 0 Å². The second-order valence-corrected chi connectivity index (χ2v) is 4.68. The zero-order chi connectivity index (χ0) is 12.8. The van der Waals surface area contributed by atoms with Crippen LogP contribution in [0.4, 0.5) is 0 Å². The van der Waals surface area contributed by atoms with E-state index in [2.05, 4.69) is 60.8 Å². The Morgan fingerprint density at radius 3 is 2.11 bits per heavy atom. The molecule has 1 heteroatoms. The number of nitrogens with one attached hydrogen (secondary N) is 1. The maximum atomic E-state index is 3.19. The number of hydrogen-bond donors (Lipinski definition) is 1. The molecule has 0 saturated carbocycles. The molecule has 1 nitrogen and oxygen atoms in total. The first-order valence-corrected chi connectivity index (χ1v) is 6.66. The largest absolute Gasteiger partial charge is 0.316 e. The van der Waals surface area contributed by atoms with E-state index in [9.17, 15) is 0 Å². The Morgan fingerprint density at radius 1 is 0.889 bits per heavy atom. The Balaban J connectivity index is 2.29. The standard InChI is InChI=1S/C17H21N/c1-3-6-14-7-4-9-16(11-14)17-10-5-8-15(12-17)13-18-2/h4-5,7-12,18H,3,6,13H2,1-2H3. The average molecular weight is 239 g/mol. The molecule has 0 spiro atoms. The Morgan fingerprint density at radius 2 is 1.50 bits per heavy atom. The first kappa shape index (κ1) is 12.8. The molecule has 0 bridgehead atoms. The molecule has 0 amide bonds. The fourth-order valence-electron chi connectivity index (χ4n) is 2.26. The molecule has 0 fully saturated rings. The highest BCUT2D eigenvalue weighted by Crippen LogP contribution is 2.22. The summed E-state index contributed by atoms with van der Waals surface area (Å²) in [6.07, 6.45) is 2.35. The predicted molar refractivity (Wildman–Crippen MR) is 78.6 cm³/mol. The zero-order valence-electron chi connectivity index (χ0n) is 11.2. The molecule has 2 aromatic rings. The summed E-state index contributed by atoms with van der Waals surface area (Å²) in [5.41, 5.74) is 5.38. The highest BCUT2D eigenvalue weighted by Gasteiger charge is 2.00. The minimum atomic E-state index is 0.919. The maximum absolute atomic E-state index is 3.19. The highest BCUT2D eigenvalue weighted by atomic mass is 14.8. The van der Waals surface area contributed by atoms with Gasteiger partial charge < -0.3 is 5.32 Å². The SMILES string of the molecule is CCCc1cccc(-c2cccc(CNC)c2)c1. The first-order valence-electron chi connectivity index (χ1n) is 6.66. The third-order valence-electron chi connectivity index (χ3n) is 3.11. The number of aryl methyl sites for hydroxylation is 1. The third kappa shape index (κ3) is 3.21. The predicted octanol–water partition coefficient (Wildman–Crippen LogP) is 4.03. The van der Waals surface area contributed by atoms with Crippen molar-refractivity contribution >= 4 is 0 Å². The van der Waals surface area contributed by atoms with E-state index in [-0.39, 0.29) is 0 Å². The van der Waals surface area contributed by atoms with Crippen molar-refractivity contribution < 1.29 is 0 Å². The summed E-state index contributed by atoms with van der Waals surface area (Å²) in [4.78, 5) is 0. The molecule has 0 unspecified atom stereocenters. The molecule has 94 valence electrons. The van der Waals surface area contributed by atoms with Gasteiger partial charge in [0, 0.05) is 6.54 Å². The van der Waals surface area contributed by atoms with Gasteiger partial charge in [0.25, 0.3) is 0 Å². The molecule has 1 N–H and O–H groups in total. The van der Waals surface area contributed by atoms with Gasteiger partial charge in [-0.25, -0.2) is 0 Å². The second-order valence-electron chi connectivity index (χ2n) is 4.68. The second kappa shape index (κ2) is 6.36. The van der Waals surface area contributed by atoms with E-state index in [4.69, 9.17) is 0 Å². The summed E-state index contributed by atoms with van der Waals surface area (Å²) in [5.74, 6) is 0. The van der Waals surface area contributed by atoms with Crippen LogP contribution in [-0.2, 0) is 13.0 Å². The van der Waals surface area contributed by atoms with Gasteiger partial charge in [-0.3, -0.25) is 0 Å². The van der Waals surface area contributed by atoms with Crippen molar-refractivity contribution in [3.8, 4) is 11.1 Å². The van der Waals surface area contributed by atoms with Crippen LogP contribution in [0.15, 0.2) is 48.5 Å². The van der Waals surface area contributed by atoms with Crippen molar-refractivity contribution in [2.45, 2.75) is 26.3 Å². The normalized spacial score (nSPS) is 10.6. The lowest BCUT2D eigenvalue weighted by molar-refractivity contribution is 0.818. The Kier molecular flexibility index (Phi) is 4.54. The lowest BCUT2D eigenvalue weighted by Gasteiger charge is -2.07. The summed E-state index contributed by atoms with van der Waals surface area (Å²) in [5, 5.41) is 3.19. The van der Waals surface area contributed by atoms with Crippen molar-refractivity contribution in [2.75, 3.05) is 7.05 Å². The van der Waals surface area contributed by atoms with Gasteiger partial charge in [0.1, 0.15) is 0 Å². The Hall–Kier alpha value is -1.60.